The molecule has 0 saturated heterocycles. The van der Waals surface area contributed by atoms with Gasteiger partial charge in [0.05, 0.1) is 6.10 Å². The SMILES string of the molecule is CC(C)OC(=O)Nc1cccc(CNC2CC2)c1. The van der Waals surface area contributed by atoms with Gasteiger partial charge in [-0.1, -0.05) is 12.1 Å². The molecule has 0 unspecified atom stereocenters. The standard InChI is InChI=1S/C14H20N2O2/c1-10(2)18-14(17)16-13-5-3-4-11(8-13)9-15-12-6-7-12/h3-5,8,10,12,15H,6-7,9H2,1-2H3,(H,16,17). The molecule has 18 heavy (non-hydrogen) atoms. The van der Waals surface area contributed by atoms with E-state index in [9.17, 15) is 4.79 Å². The molecule has 0 heterocycles. The monoisotopic (exact) mass is 248 g/mol. The van der Waals surface area contributed by atoms with Gasteiger partial charge in [0.15, 0.2) is 0 Å². The summed E-state index contributed by atoms with van der Waals surface area (Å²) in [5, 5.41) is 6.17. The van der Waals surface area contributed by atoms with E-state index in [2.05, 4.69) is 10.6 Å². The lowest BCUT2D eigenvalue weighted by Gasteiger charge is -2.10. The van der Waals surface area contributed by atoms with Crippen LogP contribution in [-0.4, -0.2) is 18.2 Å². The molecular formula is C14H20N2O2. The third-order valence-corrected chi connectivity index (χ3v) is 2.69. The van der Waals surface area contributed by atoms with E-state index in [0.29, 0.717) is 6.04 Å². The Morgan fingerprint density at radius 1 is 1.44 bits per heavy atom. The molecule has 0 radical (unpaired) electrons. The molecule has 1 aliphatic carbocycles. The van der Waals surface area contributed by atoms with E-state index in [1.54, 1.807) is 0 Å². The Balaban J connectivity index is 1.87. The highest BCUT2D eigenvalue weighted by Crippen LogP contribution is 2.20. The van der Waals surface area contributed by atoms with Crippen molar-refractivity contribution in [2.45, 2.75) is 45.4 Å². The number of carbonyl (C=O) groups is 1. The van der Waals surface area contributed by atoms with Crippen molar-refractivity contribution in [2.75, 3.05) is 5.32 Å². The van der Waals surface area contributed by atoms with E-state index in [4.69, 9.17) is 4.74 Å². The van der Waals surface area contributed by atoms with Crippen molar-refractivity contribution in [1.29, 1.82) is 0 Å². The van der Waals surface area contributed by atoms with Crippen LogP contribution in [0.4, 0.5) is 10.5 Å². The van der Waals surface area contributed by atoms with Gasteiger partial charge < -0.3 is 10.1 Å². The maximum atomic E-state index is 11.5. The number of anilines is 1. The smallest absolute Gasteiger partial charge is 0.411 e. The van der Waals surface area contributed by atoms with Crippen molar-refractivity contribution < 1.29 is 9.53 Å². The summed E-state index contributed by atoms with van der Waals surface area (Å²) in [5.74, 6) is 0. The summed E-state index contributed by atoms with van der Waals surface area (Å²) in [5.41, 5.74) is 1.94. The van der Waals surface area contributed by atoms with Gasteiger partial charge in [0.2, 0.25) is 0 Å². The van der Waals surface area contributed by atoms with Crippen LogP contribution in [0.15, 0.2) is 24.3 Å². The van der Waals surface area contributed by atoms with Crippen LogP contribution >= 0.6 is 0 Å². The van der Waals surface area contributed by atoms with Gasteiger partial charge in [-0.15, -0.1) is 0 Å². The molecule has 1 amide bonds. The molecule has 0 aliphatic heterocycles. The zero-order valence-electron chi connectivity index (χ0n) is 10.9. The first-order chi connectivity index (χ1) is 8.63. The van der Waals surface area contributed by atoms with Gasteiger partial charge in [-0.2, -0.15) is 0 Å². The van der Waals surface area contributed by atoms with Gasteiger partial charge in [0, 0.05) is 18.3 Å². The average Bonchev–Trinajstić information content (AvgIpc) is 3.09. The molecule has 1 aliphatic rings. The Morgan fingerprint density at radius 2 is 2.22 bits per heavy atom. The van der Waals surface area contributed by atoms with Crippen LogP contribution in [0.2, 0.25) is 0 Å². The Hall–Kier alpha value is -1.55. The molecule has 4 heteroatoms. The zero-order chi connectivity index (χ0) is 13.0. The highest BCUT2D eigenvalue weighted by atomic mass is 16.6. The summed E-state index contributed by atoms with van der Waals surface area (Å²) in [6, 6.07) is 8.51. The second-order valence-electron chi connectivity index (χ2n) is 4.93. The first-order valence-electron chi connectivity index (χ1n) is 6.43. The molecule has 4 nitrogen and oxygen atoms in total. The molecule has 2 rings (SSSR count). The number of benzene rings is 1. The van der Waals surface area contributed by atoms with E-state index >= 15 is 0 Å². The molecule has 1 aromatic rings. The molecule has 0 aromatic heterocycles. The lowest BCUT2D eigenvalue weighted by atomic mass is 10.2. The Bertz CT molecular complexity index is 414. The molecule has 2 N–H and O–H groups in total. The van der Waals surface area contributed by atoms with Crippen molar-refractivity contribution >= 4 is 11.8 Å². The minimum absolute atomic E-state index is 0.107. The first-order valence-corrected chi connectivity index (χ1v) is 6.43. The van der Waals surface area contributed by atoms with Gasteiger partial charge in [-0.05, 0) is 44.4 Å². The third-order valence-electron chi connectivity index (χ3n) is 2.69. The summed E-state index contributed by atoms with van der Waals surface area (Å²) in [4.78, 5) is 11.5. The molecule has 0 atom stereocenters. The van der Waals surface area contributed by atoms with Crippen molar-refractivity contribution in [3.8, 4) is 0 Å². The van der Waals surface area contributed by atoms with Gasteiger partial charge in [-0.3, -0.25) is 5.32 Å². The maximum absolute atomic E-state index is 11.5. The highest BCUT2D eigenvalue weighted by Gasteiger charge is 2.19. The minimum Gasteiger partial charge on any atom is -0.447 e. The average molecular weight is 248 g/mol. The van der Waals surface area contributed by atoms with Gasteiger partial charge >= 0.3 is 6.09 Å². The van der Waals surface area contributed by atoms with Gasteiger partial charge in [0.1, 0.15) is 0 Å². The van der Waals surface area contributed by atoms with Crippen molar-refractivity contribution in [3.05, 3.63) is 29.8 Å². The Labute approximate surface area is 108 Å². The van der Waals surface area contributed by atoms with E-state index in [1.165, 1.54) is 18.4 Å². The maximum Gasteiger partial charge on any atom is 0.411 e. The van der Waals surface area contributed by atoms with Crippen LogP contribution in [0.1, 0.15) is 32.3 Å². The quantitative estimate of drug-likeness (QED) is 0.842. The summed E-state index contributed by atoms with van der Waals surface area (Å²) in [6.45, 7) is 4.50. The van der Waals surface area contributed by atoms with Crippen LogP contribution in [0.3, 0.4) is 0 Å². The van der Waals surface area contributed by atoms with E-state index < -0.39 is 6.09 Å². The molecule has 0 spiro atoms. The summed E-state index contributed by atoms with van der Waals surface area (Å²) < 4.78 is 5.04. The molecule has 1 aromatic carbocycles. The highest BCUT2D eigenvalue weighted by molar-refractivity contribution is 5.84. The summed E-state index contributed by atoms with van der Waals surface area (Å²) in [6.07, 6.45) is 2.04. The number of amides is 1. The number of hydrogen-bond acceptors (Lipinski definition) is 3. The van der Waals surface area contributed by atoms with E-state index in [1.807, 2.05) is 38.1 Å². The molecule has 1 saturated carbocycles. The van der Waals surface area contributed by atoms with Gasteiger partial charge in [0.25, 0.3) is 0 Å². The summed E-state index contributed by atoms with van der Waals surface area (Å²) in [7, 11) is 0. The predicted octanol–water partition coefficient (Wildman–Crippen LogP) is 2.90. The normalized spacial score (nSPS) is 14.6. The second-order valence-corrected chi connectivity index (χ2v) is 4.93. The fraction of sp³-hybridized carbons (Fsp3) is 0.500. The van der Waals surface area contributed by atoms with Crippen molar-refractivity contribution in [3.63, 3.8) is 0 Å². The predicted molar refractivity (Wildman–Crippen MR) is 71.5 cm³/mol. The largest absolute Gasteiger partial charge is 0.447 e. The number of nitrogens with one attached hydrogen (secondary N) is 2. The number of carbonyl (C=O) groups excluding carboxylic acids is 1. The fourth-order valence-corrected chi connectivity index (χ4v) is 1.67. The van der Waals surface area contributed by atoms with Crippen LogP contribution in [0.25, 0.3) is 0 Å². The van der Waals surface area contributed by atoms with Crippen molar-refractivity contribution in [2.24, 2.45) is 0 Å². The molecule has 98 valence electrons. The second kappa shape index (κ2) is 5.87. The topological polar surface area (TPSA) is 50.4 Å². The first kappa shape index (κ1) is 12.9. The van der Waals surface area contributed by atoms with E-state index in [0.717, 1.165) is 12.2 Å². The Kier molecular flexibility index (Phi) is 4.20. The lowest BCUT2D eigenvalue weighted by Crippen LogP contribution is -2.18. The molecule has 1 fully saturated rings. The minimum atomic E-state index is -0.405. The molecular weight excluding hydrogens is 228 g/mol. The number of ether oxygens (including phenoxy) is 1. The van der Waals surface area contributed by atoms with E-state index in [-0.39, 0.29) is 6.10 Å². The third kappa shape index (κ3) is 4.37. The number of rotatable bonds is 5. The van der Waals surface area contributed by atoms with Crippen LogP contribution in [0, 0.1) is 0 Å². The van der Waals surface area contributed by atoms with Crippen LogP contribution in [-0.2, 0) is 11.3 Å². The molecule has 0 bridgehead atoms. The van der Waals surface area contributed by atoms with Gasteiger partial charge in [-0.25, -0.2) is 4.79 Å². The fourth-order valence-electron chi connectivity index (χ4n) is 1.67. The van der Waals surface area contributed by atoms with Crippen LogP contribution in [0.5, 0.6) is 0 Å². The van der Waals surface area contributed by atoms with Crippen LogP contribution < -0.4 is 10.6 Å². The zero-order valence-corrected chi connectivity index (χ0v) is 10.9. The number of hydrogen-bond donors (Lipinski definition) is 2. The van der Waals surface area contributed by atoms with Crippen molar-refractivity contribution in [1.82, 2.24) is 5.32 Å². The Morgan fingerprint density at radius 3 is 2.89 bits per heavy atom. The lowest BCUT2D eigenvalue weighted by molar-refractivity contribution is 0.130. The summed E-state index contributed by atoms with van der Waals surface area (Å²) >= 11 is 0.